The number of nitrogens with one attached hydrogen (secondary N) is 2. The summed E-state index contributed by atoms with van der Waals surface area (Å²) >= 11 is 0. The molecular formula is C21H23N3O5. The van der Waals surface area contributed by atoms with Gasteiger partial charge >= 0.3 is 12.0 Å². The van der Waals surface area contributed by atoms with E-state index in [0.717, 1.165) is 11.1 Å². The quantitative estimate of drug-likeness (QED) is 0.692. The van der Waals surface area contributed by atoms with Crippen LogP contribution in [-0.2, 0) is 22.5 Å². The minimum absolute atomic E-state index is 0.0701. The summed E-state index contributed by atoms with van der Waals surface area (Å²) in [7, 11) is 0. The Morgan fingerprint density at radius 3 is 2.17 bits per heavy atom. The van der Waals surface area contributed by atoms with Crippen LogP contribution in [0.25, 0.3) is 0 Å². The molecule has 3 rings (SSSR count). The van der Waals surface area contributed by atoms with E-state index in [-0.39, 0.29) is 24.0 Å². The van der Waals surface area contributed by atoms with Crippen molar-refractivity contribution in [2.45, 2.75) is 13.0 Å². The second-order valence-electron chi connectivity index (χ2n) is 6.68. The Labute approximate surface area is 168 Å². The number of morpholine rings is 1. The number of amides is 3. The molecular weight excluding hydrogens is 374 g/mol. The van der Waals surface area contributed by atoms with Crippen molar-refractivity contribution in [2.24, 2.45) is 0 Å². The van der Waals surface area contributed by atoms with Crippen LogP contribution in [0.1, 0.15) is 21.5 Å². The van der Waals surface area contributed by atoms with E-state index in [1.54, 1.807) is 29.2 Å². The van der Waals surface area contributed by atoms with Gasteiger partial charge in [-0.3, -0.25) is 4.79 Å². The Kier molecular flexibility index (Phi) is 6.80. The van der Waals surface area contributed by atoms with Crippen LogP contribution in [0.2, 0.25) is 0 Å². The standard InChI is InChI=1S/C21H23N3O5/c25-19(24-9-11-29-12-10-24)13-15-3-7-18(8-4-15)23-21(28)22-14-16-1-5-17(6-2-16)20(26)27/h1-8H,9-14H2,(H,26,27)(H2,22,23,28). The fourth-order valence-electron chi connectivity index (χ4n) is 2.93. The van der Waals surface area contributed by atoms with E-state index in [1.165, 1.54) is 12.1 Å². The van der Waals surface area contributed by atoms with Crippen molar-refractivity contribution in [3.05, 3.63) is 65.2 Å². The number of carbonyl (C=O) groups is 3. The molecule has 0 aliphatic carbocycles. The number of benzene rings is 2. The minimum Gasteiger partial charge on any atom is -0.478 e. The Bertz CT molecular complexity index is 859. The molecule has 1 aliphatic rings. The largest absolute Gasteiger partial charge is 0.478 e. The summed E-state index contributed by atoms with van der Waals surface area (Å²) in [6.07, 6.45) is 0.318. The van der Waals surface area contributed by atoms with Crippen LogP contribution < -0.4 is 10.6 Å². The zero-order valence-electron chi connectivity index (χ0n) is 15.9. The number of anilines is 1. The molecule has 0 unspecified atom stereocenters. The van der Waals surface area contributed by atoms with Gasteiger partial charge in [-0.15, -0.1) is 0 Å². The zero-order valence-corrected chi connectivity index (χ0v) is 15.9. The first kappa shape index (κ1) is 20.3. The second-order valence-corrected chi connectivity index (χ2v) is 6.68. The fourth-order valence-corrected chi connectivity index (χ4v) is 2.93. The SMILES string of the molecule is O=C(NCc1ccc(C(=O)O)cc1)Nc1ccc(CC(=O)N2CCOCC2)cc1. The second kappa shape index (κ2) is 9.70. The van der Waals surface area contributed by atoms with Crippen LogP contribution in [0.5, 0.6) is 0 Å². The van der Waals surface area contributed by atoms with E-state index < -0.39 is 5.97 Å². The average Bonchev–Trinajstić information content (AvgIpc) is 2.74. The maximum absolute atomic E-state index is 12.3. The summed E-state index contributed by atoms with van der Waals surface area (Å²) < 4.78 is 5.25. The molecule has 152 valence electrons. The number of carboxylic acid groups (broad SMARTS) is 1. The van der Waals surface area contributed by atoms with Crippen molar-refractivity contribution in [1.82, 2.24) is 10.2 Å². The molecule has 8 heteroatoms. The van der Waals surface area contributed by atoms with Gasteiger partial charge in [0.2, 0.25) is 5.91 Å². The average molecular weight is 397 g/mol. The summed E-state index contributed by atoms with van der Waals surface area (Å²) in [5.74, 6) is -0.919. The Morgan fingerprint density at radius 1 is 0.931 bits per heavy atom. The highest BCUT2D eigenvalue weighted by atomic mass is 16.5. The van der Waals surface area contributed by atoms with E-state index in [9.17, 15) is 14.4 Å². The number of hydrogen-bond acceptors (Lipinski definition) is 4. The summed E-state index contributed by atoms with van der Waals surface area (Å²) in [4.78, 5) is 36.9. The van der Waals surface area contributed by atoms with Crippen molar-refractivity contribution in [3.8, 4) is 0 Å². The topological polar surface area (TPSA) is 108 Å². The number of carboxylic acids is 1. The molecule has 0 spiro atoms. The summed E-state index contributed by atoms with van der Waals surface area (Å²) in [6.45, 7) is 2.67. The van der Waals surface area contributed by atoms with Crippen LogP contribution in [0.4, 0.5) is 10.5 Å². The van der Waals surface area contributed by atoms with Crippen LogP contribution in [0, 0.1) is 0 Å². The molecule has 2 aromatic carbocycles. The molecule has 0 radical (unpaired) electrons. The van der Waals surface area contributed by atoms with Gasteiger partial charge in [-0.05, 0) is 35.4 Å². The molecule has 1 aliphatic heterocycles. The third-order valence-corrected chi connectivity index (χ3v) is 4.58. The minimum atomic E-state index is -0.989. The third kappa shape index (κ3) is 6.05. The molecule has 1 fully saturated rings. The molecule has 1 saturated heterocycles. The van der Waals surface area contributed by atoms with Gasteiger partial charge in [0.1, 0.15) is 0 Å². The van der Waals surface area contributed by atoms with Crippen molar-refractivity contribution in [3.63, 3.8) is 0 Å². The lowest BCUT2D eigenvalue weighted by molar-refractivity contribution is -0.134. The highest BCUT2D eigenvalue weighted by Gasteiger charge is 2.16. The number of carbonyl (C=O) groups excluding carboxylic acids is 2. The van der Waals surface area contributed by atoms with Gasteiger partial charge in [0.25, 0.3) is 0 Å². The molecule has 2 aromatic rings. The van der Waals surface area contributed by atoms with Crippen LogP contribution >= 0.6 is 0 Å². The monoisotopic (exact) mass is 397 g/mol. The molecule has 3 amide bonds. The van der Waals surface area contributed by atoms with Gasteiger partial charge in [0.05, 0.1) is 25.2 Å². The lowest BCUT2D eigenvalue weighted by Gasteiger charge is -2.26. The fraction of sp³-hybridized carbons (Fsp3) is 0.286. The number of rotatable bonds is 6. The smallest absolute Gasteiger partial charge is 0.335 e. The van der Waals surface area contributed by atoms with Crippen LogP contribution in [-0.4, -0.2) is 54.2 Å². The van der Waals surface area contributed by atoms with Crippen molar-refractivity contribution < 1.29 is 24.2 Å². The Hall–Kier alpha value is -3.39. The van der Waals surface area contributed by atoms with Gasteiger partial charge < -0.3 is 25.4 Å². The lowest BCUT2D eigenvalue weighted by Crippen LogP contribution is -2.41. The number of aromatic carboxylic acids is 1. The maximum Gasteiger partial charge on any atom is 0.335 e. The number of urea groups is 1. The van der Waals surface area contributed by atoms with Crippen molar-refractivity contribution in [2.75, 3.05) is 31.6 Å². The zero-order chi connectivity index (χ0) is 20.6. The first-order valence-corrected chi connectivity index (χ1v) is 9.33. The molecule has 3 N–H and O–H groups in total. The van der Waals surface area contributed by atoms with E-state index in [4.69, 9.17) is 9.84 Å². The van der Waals surface area contributed by atoms with Crippen molar-refractivity contribution in [1.29, 1.82) is 0 Å². The lowest BCUT2D eigenvalue weighted by atomic mass is 10.1. The van der Waals surface area contributed by atoms with E-state index in [1.807, 2.05) is 12.1 Å². The van der Waals surface area contributed by atoms with E-state index >= 15 is 0 Å². The van der Waals surface area contributed by atoms with Crippen LogP contribution in [0.3, 0.4) is 0 Å². The number of nitrogens with zero attached hydrogens (tertiary/aromatic N) is 1. The number of hydrogen-bond donors (Lipinski definition) is 3. The molecule has 29 heavy (non-hydrogen) atoms. The Morgan fingerprint density at radius 2 is 1.55 bits per heavy atom. The molecule has 8 nitrogen and oxygen atoms in total. The molecule has 0 saturated carbocycles. The normalized spacial score (nSPS) is 13.6. The summed E-state index contributed by atoms with van der Waals surface area (Å²) in [5, 5.41) is 14.3. The molecule has 0 atom stereocenters. The van der Waals surface area contributed by atoms with Gasteiger partial charge in [-0.2, -0.15) is 0 Å². The van der Waals surface area contributed by atoms with Gasteiger partial charge in [-0.25, -0.2) is 9.59 Å². The van der Waals surface area contributed by atoms with Crippen LogP contribution in [0.15, 0.2) is 48.5 Å². The van der Waals surface area contributed by atoms with E-state index in [2.05, 4.69) is 10.6 Å². The predicted octanol–water partition coefficient (Wildman–Crippen LogP) is 2.11. The number of ether oxygens (including phenoxy) is 1. The maximum atomic E-state index is 12.3. The highest BCUT2D eigenvalue weighted by molar-refractivity contribution is 5.89. The first-order valence-electron chi connectivity index (χ1n) is 9.33. The summed E-state index contributed by atoms with van der Waals surface area (Å²) in [5.41, 5.74) is 2.49. The molecule has 0 bridgehead atoms. The molecule has 0 aromatic heterocycles. The van der Waals surface area contributed by atoms with E-state index in [0.29, 0.717) is 38.4 Å². The third-order valence-electron chi connectivity index (χ3n) is 4.58. The predicted molar refractivity (Wildman–Crippen MR) is 107 cm³/mol. The van der Waals surface area contributed by atoms with Gasteiger partial charge in [0, 0.05) is 25.3 Å². The highest BCUT2D eigenvalue weighted by Crippen LogP contribution is 2.12. The first-order chi connectivity index (χ1) is 14.0. The van der Waals surface area contributed by atoms with Gasteiger partial charge in [-0.1, -0.05) is 24.3 Å². The van der Waals surface area contributed by atoms with Crippen molar-refractivity contribution >= 4 is 23.6 Å². The van der Waals surface area contributed by atoms with Gasteiger partial charge in [0.15, 0.2) is 0 Å². The Balaban J connectivity index is 1.45. The molecule has 1 heterocycles. The summed E-state index contributed by atoms with van der Waals surface area (Å²) in [6, 6.07) is 13.1.